The van der Waals surface area contributed by atoms with E-state index in [9.17, 15) is 0 Å². The Morgan fingerprint density at radius 2 is 2.05 bits per heavy atom. The molecule has 1 aromatic heterocycles. The minimum absolute atomic E-state index is 0.119. The molecule has 1 unspecified atom stereocenters. The van der Waals surface area contributed by atoms with Crippen molar-refractivity contribution in [3.8, 4) is 0 Å². The molecule has 0 aliphatic heterocycles. The van der Waals surface area contributed by atoms with Gasteiger partial charge >= 0.3 is 0 Å². The van der Waals surface area contributed by atoms with Crippen molar-refractivity contribution in [3.05, 3.63) is 62.3 Å². The van der Waals surface area contributed by atoms with Gasteiger partial charge in [0.25, 0.3) is 0 Å². The van der Waals surface area contributed by atoms with E-state index in [1.807, 2.05) is 30.5 Å². The Morgan fingerprint density at radius 3 is 2.71 bits per heavy atom. The SMILES string of the molecule is CCCNC(Cc1cc(Cl)ccc1Cl)c1ccc(Br)cn1. The van der Waals surface area contributed by atoms with Crippen LogP contribution in [0.4, 0.5) is 0 Å². The van der Waals surface area contributed by atoms with Crippen LogP contribution in [0.5, 0.6) is 0 Å². The van der Waals surface area contributed by atoms with Gasteiger partial charge in [0, 0.05) is 20.7 Å². The molecular formula is C16H17BrCl2N2. The summed E-state index contributed by atoms with van der Waals surface area (Å²) in [5, 5.41) is 4.96. The van der Waals surface area contributed by atoms with Gasteiger partial charge in [-0.3, -0.25) is 4.98 Å². The van der Waals surface area contributed by atoms with Gasteiger partial charge in [-0.2, -0.15) is 0 Å². The Kier molecular flexibility index (Phi) is 6.49. The van der Waals surface area contributed by atoms with Gasteiger partial charge in [0.05, 0.1) is 11.7 Å². The van der Waals surface area contributed by atoms with Crippen molar-refractivity contribution in [1.29, 1.82) is 0 Å². The highest BCUT2D eigenvalue weighted by Gasteiger charge is 2.15. The summed E-state index contributed by atoms with van der Waals surface area (Å²) in [6, 6.07) is 9.71. The van der Waals surface area contributed by atoms with Crippen molar-refractivity contribution >= 4 is 39.1 Å². The lowest BCUT2D eigenvalue weighted by Gasteiger charge is -2.19. The first kappa shape index (κ1) is 16.8. The minimum atomic E-state index is 0.119. The molecule has 0 aliphatic rings. The lowest BCUT2D eigenvalue weighted by molar-refractivity contribution is 0.518. The average molecular weight is 388 g/mol. The van der Waals surface area contributed by atoms with Gasteiger partial charge in [0.2, 0.25) is 0 Å². The van der Waals surface area contributed by atoms with Gasteiger partial charge < -0.3 is 5.32 Å². The van der Waals surface area contributed by atoms with Crippen LogP contribution in [-0.4, -0.2) is 11.5 Å². The molecule has 0 saturated carbocycles. The van der Waals surface area contributed by atoms with E-state index in [2.05, 4.69) is 33.2 Å². The molecule has 0 spiro atoms. The second-order valence-electron chi connectivity index (χ2n) is 4.85. The van der Waals surface area contributed by atoms with Crippen LogP contribution in [0.2, 0.25) is 10.0 Å². The van der Waals surface area contributed by atoms with E-state index in [4.69, 9.17) is 23.2 Å². The Labute approximate surface area is 144 Å². The number of nitrogens with zero attached hydrogens (tertiary/aromatic N) is 1. The van der Waals surface area contributed by atoms with Gasteiger partial charge in [0.15, 0.2) is 0 Å². The second kappa shape index (κ2) is 8.14. The molecule has 0 saturated heterocycles. The molecule has 1 heterocycles. The highest BCUT2D eigenvalue weighted by atomic mass is 79.9. The summed E-state index contributed by atoms with van der Waals surface area (Å²) in [4.78, 5) is 4.49. The summed E-state index contributed by atoms with van der Waals surface area (Å²) < 4.78 is 0.973. The van der Waals surface area contributed by atoms with Crippen LogP contribution in [0, 0.1) is 0 Å². The van der Waals surface area contributed by atoms with E-state index in [-0.39, 0.29) is 6.04 Å². The molecule has 0 radical (unpaired) electrons. The molecule has 1 aromatic carbocycles. The molecule has 2 rings (SSSR count). The maximum absolute atomic E-state index is 6.27. The largest absolute Gasteiger partial charge is 0.308 e. The van der Waals surface area contributed by atoms with Gasteiger partial charge in [-0.1, -0.05) is 30.1 Å². The highest BCUT2D eigenvalue weighted by molar-refractivity contribution is 9.10. The average Bonchev–Trinajstić information content (AvgIpc) is 2.48. The highest BCUT2D eigenvalue weighted by Crippen LogP contribution is 2.26. The number of aromatic nitrogens is 1. The molecule has 112 valence electrons. The van der Waals surface area contributed by atoms with E-state index in [0.717, 1.165) is 40.1 Å². The van der Waals surface area contributed by atoms with Crippen molar-refractivity contribution in [2.45, 2.75) is 25.8 Å². The summed E-state index contributed by atoms with van der Waals surface area (Å²) in [6.07, 6.45) is 3.64. The Balaban J connectivity index is 2.23. The third-order valence-electron chi connectivity index (χ3n) is 3.18. The monoisotopic (exact) mass is 386 g/mol. The molecule has 0 fully saturated rings. The maximum atomic E-state index is 6.27. The van der Waals surface area contributed by atoms with Crippen molar-refractivity contribution in [2.24, 2.45) is 0 Å². The fraction of sp³-hybridized carbons (Fsp3) is 0.312. The summed E-state index contributed by atoms with van der Waals surface area (Å²) >= 11 is 15.8. The molecule has 0 aliphatic carbocycles. The van der Waals surface area contributed by atoms with E-state index in [0.29, 0.717) is 5.02 Å². The number of nitrogens with one attached hydrogen (secondary N) is 1. The van der Waals surface area contributed by atoms with E-state index < -0.39 is 0 Å². The number of rotatable bonds is 6. The Bertz CT molecular complexity index is 587. The predicted octanol–water partition coefficient (Wildman–Crippen LogP) is 5.43. The third-order valence-corrected chi connectivity index (χ3v) is 4.25. The number of pyridine rings is 1. The number of hydrogen-bond acceptors (Lipinski definition) is 2. The molecule has 2 aromatic rings. The topological polar surface area (TPSA) is 24.9 Å². The van der Waals surface area contributed by atoms with Crippen molar-refractivity contribution < 1.29 is 0 Å². The standard InChI is InChI=1S/C16H17BrCl2N2/c1-2-7-20-16(15-6-3-12(17)10-21-15)9-11-8-13(18)4-5-14(11)19/h3-6,8,10,16,20H,2,7,9H2,1H3. The number of halogens is 3. The van der Waals surface area contributed by atoms with Crippen LogP contribution < -0.4 is 5.32 Å². The Hall–Kier alpha value is -0.610. The zero-order valence-electron chi connectivity index (χ0n) is 11.7. The molecule has 0 bridgehead atoms. The predicted molar refractivity (Wildman–Crippen MR) is 93.1 cm³/mol. The first-order valence-electron chi connectivity index (χ1n) is 6.89. The minimum Gasteiger partial charge on any atom is -0.308 e. The fourth-order valence-electron chi connectivity index (χ4n) is 2.11. The molecular weight excluding hydrogens is 371 g/mol. The summed E-state index contributed by atoms with van der Waals surface area (Å²) in [5.74, 6) is 0. The molecule has 0 amide bonds. The normalized spacial score (nSPS) is 12.4. The molecule has 1 N–H and O–H groups in total. The molecule has 2 nitrogen and oxygen atoms in total. The van der Waals surface area contributed by atoms with Crippen LogP contribution in [-0.2, 0) is 6.42 Å². The quantitative estimate of drug-likeness (QED) is 0.714. The number of benzene rings is 1. The van der Waals surface area contributed by atoms with Crippen LogP contribution in [0.3, 0.4) is 0 Å². The molecule has 1 atom stereocenters. The van der Waals surface area contributed by atoms with E-state index in [1.165, 1.54) is 0 Å². The Morgan fingerprint density at radius 1 is 1.24 bits per heavy atom. The summed E-state index contributed by atoms with van der Waals surface area (Å²) in [7, 11) is 0. The zero-order chi connectivity index (χ0) is 15.2. The summed E-state index contributed by atoms with van der Waals surface area (Å²) in [5.41, 5.74) is 2.03. The van der Waals surface area contributed by atoms with Crippen molar-refractivity contribution in [2.75, 3.05) is 6.54 Å². The van der Waals surface area contributed by atoms with Crippen LogP contribution in [0.25, 0.3) is 0 Å². The first-order chi connectivity index (χ1) is 10.1. The van der Waals surface area contributed by atoms with Gasteiger partial charge in [0.1, 0.15) is 0 Å². The lowest BCUT2D eigenvalue weighted by Crippen LogP contribution is -2.25. The second-order valence-corrected chi connectivity index (χ2v) is 6.61. The van der Waals surface area contributed by atoms with E-state index in [1.54, 1.807) is 6.07 Å². The third kappa shape index (κ3) is 4.96. The first-order valence-corrected chi connectivity index (χ1v) is 8.43. The maximum Gasteiger partial charge on any atom is 0.0577 e. The zero-order valence-corrected chi connectivity index (χ0v) is 14.8. The van der Waals surface area contributed by atoms with Crippen molar-refractivity contribution in [3.63, 3.8) is 0 Å². The smallest absolute Gasteiger partial charge is 0.0577 e. The fourth-order valence-corrected chi connectivity index (χ4v) is 2.74. The number of hydrogen-bond donors (Lipinski definition) is 1. The van der Waals surface area contributed by atoms with E-state index >= 15 is 0 Å². The van der Waals surface area contributed by atoms with Crippen molar-refractivity contribution in [1.82, 2.24) is 10.3 Å². The van der Waals surface area contributed by atoms with Gasteiger partial charge in [-0.15, -0.1) is 0 Å². The lowest BCUT2D eigenvalue weighted by atomic mass is 10.0. The molecule has 21 heavy (non-hydrogen) atoms. The van der Waals surface area contributed by atoms with Gasteiger partial charge in [-0.25, -0.2) is 0 Å². The van der Waals surface area contributed by atoms with Crippen LogP contribution in [0.1, 0.15) is 30.6 Å². The van der Waals surface area contributed by atoms with Gasteiger partial charge in [-0.05, 0) is 71.2 Å². The van der Waals surface area contributed by atoms with Crippen LogP contribution in [0.15, 0.2) is 41.0 Å². The van der Waals surface area contributed by atoms with Crippen LogP contribution >= 0.6 is 39.1 Å². The summed E-state index contributed by atoms with van der Waals surface area (Å²) in [6.45, 7) is 3.08. The molecule has 5 heteroatoms.